The number of ketones is 1. The first-order chi connectivity index (χ1) is 5.65. The highest BCUT2D eigenvalue weighted by Gasteiger charge is 2.07. The van der Waals surface area contributed by atoms with Crippen LogP contribution in [0.1, 0.15) is 23.7 Å². The predicted molar refractivity (Wildman–Crippen MR) is 49.4 cm³/mol. The largest absolute Gasteiger partial charge is 0.316 e. The van der Waals surface area contributed by atoms with E-state index in [1.54, 1.807) is 6.92 Å². The zero-order chi connectivity index (χ0) is 9.14. The van der Waals surface area contributed by atoms with Crippen molar-refractivity contribution >= 4 is 21.7 Å². The summed E-state index contributed by atoms with van der Waals surface area (Å²) in [6.45, 7) is 1.78. The Morgan fingerprint density at radius 2 is 2.25 bits per heavy atom. The monoisotopic (exact) mass is 229 g/mol. The number of carbonyl (C=O) groups is 1. The van der Waals surface area contributed by atoms with Gasteiger partial charge in [0.1, 0.15) is 0 Å². The summed E-state index contributed by atoms with van der Waals surface area (Å²) in [4.78, 5) is 24.4. The molecule has 0 radical (unpaired) electrons. The number of carbonyl (C=O) groups excluding carboxylic acids is 1. The topological polar surface area (TPSA) is 49.9 Å². The lowest BCUT2D eigenvalue weighted by Crippen LogP contribution is -2.08. The molecular weight excluding hydrogens is 222 g/mol. The fourth-order valence-electron chi connectivity index (χ4n) is 0.855. The molecular formula is C8H8BrNO2. The number of aromatic nitrogens is 1. The standard InChI is InChI=1S/C8H8BrNO2/c1-2-6(11)5-3-4-7(12)10-8(5)9/h3-4H,2H2,1H3,(H,10,12). The van der Waals surface area contributed by atoms with Crippen molar-refractivity contribution < 1.29 is 4.79 Å². The molecule has 0 unspecified atom stereocenters. The number of rotatable bonds is 2. The summed E-state index contributed by atoms with van der Waals surface area (Å²) >= 11 is 3.11. The summed E-state index contributed by atoms with van der Waals surface area (Å²) in [7, 11) is 0. The second kappa shape index (κ2) is 3.67. The number of hydrogen-bond donors (Lipinski definition) is 1. The van der Waals surface area contributed by atoms with E-state index in [1.807, 2.05) is 0 Å². The second-order valence-corrected chi connectivity index (χ2v) is 3.12. The number of halogens is 1. The van der Waals surface area contributed by atoms with Crippen molar-refractivity contribution in [2.75, 3.05) is 0 Å². The molecule has 0 saturated carbocycles. The smallest absolute Gasteiger partial charge is 0.248 e. The normalized spacial score (nSPS) is 9.83. The van der Waals surface area contributed by atoms with E-state index in [9.17, 15) is 9.59 Å². The summed E-state index contributed by atoms with van der Waals surface area (Å²) in [5, 5.41) is 0. The Morgan fingerprint density at radius 1 is 1.58 bits per heavy atom. The molecule has 0 fully saturated rings. The molecule has 0 atom stereocenters. The molecule has 4 heteroatoms. The van der Waals surface area contributed by atoms with Gasteiger partial charge in [-0.3, -0.25) is 9.59 Å². The van der Waals surface area contributed by atoms with Crippen LogP contribution >= 0.6 is 15.9 Å². The Balaban J connectivity index is 3.18. The molecule has 0 aliphatic carbocycles. The highest BCUT2D eigenvalue weighted by molar-refractivity contribution is 9.10. The van der Waals surface area contributed by atoms with Gasteiger partial charge in [-0.25, -0.2) is 0 Å². The Labute approximate surface area is 77.9 Å². The third-order valence-electron chi connectivity index (χ3n) is 1.49. The Morgan fingerprint density at radius 3 is 2.75 bits per heavy atom. The van der Waals surface area contributed by atoms with Crippen LogP contribution in [0, 0.1) is 0 Å². The summed E-state index contributed by atoms with van der Waals surface area (Å²) in [6.07, 6.45) is 0.435. The third kappa shape index (κ3) is 1.82. The van der Waals surface area contributed by atoms with Gasteiger partial charge in [0.05, 0.1) is 4.60 Å². The van der Waals surface area contributed by atoms with Gasteiger partial charge in [-0.05, 0) is 22.0 Å². The van der Waals surface area contributed by atoms with Crippen LogP contribution < -0.4 is 5.56 Å². The molecule has 1 heterocycles. The van der Waals surface area contributed by atoms with Crippen LogP contribution in [0.2, 0.25) is 0 Å². The van der Waals surface area contributed by atoms with Gasteiger partial charge in [-0.2, -0.15) is 0 Å². The molecule has 0 amide bonds. The van der Waals surface area contributed by atoms with E-state index in [2.05, 4.69) is 20.9 Å². The quantitative estimate of drug-likeness (QED) is 0.621. The lowest BCUT2D eigenvalue weighted by Gasteiger charge is -1.98. The number of hydrogen-bond acceptors (Lipinski definition) is 2. The maximum atomic E-state index is 11.2. The zero-order valence-electron chi connectivity index (χ0n) is 6.56. The summed E-state index contributed by atoms with van der Waals surface area (Å²) in [5.41, 5.74) is 0.312. The fourth-order valence-corrected chi connectivity index (χ4v) is 1.40. The minimum atomic E-state index is -0.213. The predicted octanol–water partition coefficient (Wildman–Crippen LogP) is 1.73. The van der Waals surface area contributed by atoms with Crippen LogP contribution in [-0.4, -0.2) is 10.8 Å². The zero-order valence-corrected chi connectivity index (χ0v) is 8.14. The average Bonchev–Trinajstić information content (AvgIpc) is 2.03. The van der Waals surface area contributed by atoms with Crippen molar-refractivity contribution in [1.82, 2.24) is 4.98 Å². The highest BCUT2D eigenvalue weighted by atomic mass is 79.9. The number of aromatic amines is 1. The molecule has 64 valence electrons. The lowest BCUT2D eigenvalue weighted by molar-refractivity contribution is 0.0987. The van der Waals surface area contributed by atoms with Crippen molar-refractivity contribution in [3.8, 4) is 0 Å². The number of Topliss-reactive ketones (excluding diaryl/α,β-unsaturated/α-hetero) is 1. The van der Waals surface area contributed by atoms with Gasteiger partial charge in [-0.1, -0.05) is 6.92 Å². The van der Waals surface area contributed by atoms with Gasteiger partial charge in [-0.15, -0.1) is 0 Å². The van der Waals surface area contributed by atoms with Gasteiger partial charge in [0.2, 0.25) is 5.56 Å². The molecule has 3 nitrogen and oxygen atoms in total. The minimum absolute atomic E-state index is 0.0122. The Kier molecular flexibility index (Phi) is 2.81. The van der Waals surface area contributed by atoms with E-state index in [0.29, 0.717) is 16.6 Å². The molecule has 1 rings (SSSR count). The Bertz CT molecular complexity index is 356. The van der Waals surface area contributed by atoms with Gasteiger partial charge in [0.25, 0.3) is 0 Å². The van der Waals surface area contributed by atoms with E-state index in [1.165, 1.54) is 12.1 Å². The summed E-state index contributed by atoms with van der Waals surface area (Å²) in [6, 6.07) is 2.86. The van der Waals surface area contributed by atoms with Crippen LogP contribution in [0.5, 0.6) is 0 Å². The van der Waals surface area contributed by atoms with E-state index < -0.39 is 0 Å². The van der Waals surface area contributed by atoms with Crippen molar-refractivity contribution in [3.05, 3.63) is 32.7 Å². The number of H-pyrrole nitrogens is 1. The van der Waals surface area contributed by atoms with E-state index in [4.69, 9.17) is 0 Å². The van der Waals surface area contributed by atoms with Gasteiger partial charge < -0.3 is 4.98 Å². The molecule has 0 aliphatic rings. The van der Waals surface area contributed by atoms with Crippen molar-refractivity contribution in [3.63, 3.8) is 0 Å². The number of nitrogens with one attached hydrogen (secondary N) is 1. The van der Waals surface area contributed by atoms with Crippen LogP contribution in [0.3, 0.4) is 0 Å². The summed E-state index contributed by atoms with van der Waals surface area (Å²) < 4.78 is 0.460. The van der Waals surface area contributed by atoms with Gasteiger partial charge in [0.15, 0.2) is 5.78 Å². The minimum Gasteiger partial charge on any atom is -0.316 e. The molecule has 0 aromatic carbocycles. The molecule has 1 N–H and O–H groups in total. The average molecular weight is 230 g/mol. The van der Waals surface area contributed by atoms with Crippen molar-refractivity contribution in [1.29, 1.82) is 0 Å². The van der Waals surface area contributed by atoms with Crippen LogP contribution in [0.25, 0.3) is 0 Å². The van der Waals surface area contributed by atoms with Crippen molar-refractivity contribution in [2.24, 2.45) is 0 Å². The Hall–Kier alpha value is -0.900. The van der Waals surface area contributed by atoms with E-state index >= 15 is 0 Å². The fraction of sp³-hybridized carbons (Fsp3) is 0.250. The van der Waals surface area contributed by atoms with E-state index in [0.717, 1.165) is 0 Å². The molecule has 12 heavy (non-hydrogen) atoms. The summed E-state index contributed by atoms with van der Waals surface area (Å²) in [5.74, 6) is 0.0122. The van der Waals surface area contributed by atoms with Gasteiger partial charge in [0, 0.05) is 18.1 Å². The molecule has 0 saturated heterocycles. The maximum absolute atomic E-state index is 11.2. The first-order valence-electron chi connectivity index (χ1n) is 3.57. The molecule has 0 aliphatic heterocycles. The first-order valence-corrected chi connectivity index (χ1v) is 4.36. The molecule has 1 aromatic rings. The molecule has 0 spiro atoms. The molecule has 1 aromatic heterocycles. The molecule has 0 bridgehead atoms. The SMILES string of the molecule is CCC(=O)c1ccc(=O)[nH]c1Br. The van der Waals surface area contributed by atoms with Crippen LogP contribution in [0.4, 0.5) is 0 Å². The third-order valence-corrected chi connectivity index (χ3v) is 2.12. The van der Waals surface area contributed by atoms with Crippen LogP contribution in [-0.2, 0) is 0 Å². The first kappa shape index (κ1) is 9.19. The maximum Gasteiger partial charge on any atom is 0.248 e. The number of pyridine rings is 1. The van der Waals surface area contributed by atoms with Gasteiger partial charge >= 0.3 is 0 Å². The second-order valence-electron chi connectivity index (χ2n) is 2.33. The van der Waals surface area contributed by atoms with Crippen LogP contribution in [0.15, 0.2) is 21.5 Å². The van der Waals surface area contributed by atoms with Crippen molar-refractivity contribution in [2.45, 2.75) is 13.3 Å². The lowest BCUT2D eigenvalue weighted by atomic mass is 10.1. The highest BCUT2D eigenvalue weighted by Crippen LogP contribution is 2.12. The van der Waals surface area contributed by atoms with E-state index in [-0.39, 0.29) is 11.3 Å².